The molecule has 2 fully saturated rings. The molecule has 2 aromatic rings. The molecule has 1 aromatic carbocycles. The third-order valence-corrected chi connectivity index (χ3v) is 6.76. The highest BCUT2D eigenvalue weighted by atomic mass is 16.5. The second kappa shape index (κ2) is 9.69. The number of nitrogens with one attached hydrogen (secondary N) is 1. The molecule has 3 heterocycles. The first-order chi connectivity index (χ1) is 15.0. The first kappa shape index (κ1) is 21.6. The number of aromatic nitrogens is 1. The second-order valence-corrected chi connectivity index (χ2v) is 8.93. The maximum atomic E-state index is 12.7. The van der Waals surface area contributed by atoms with Gasteiger partial charge in [-0.1, -0.05) is 6.07 Å². The second-order valence-electron chi connectivity index (χ2n) is 8.93. The lowest BCUT2D eigenvalue weighted by molar-refractivity contribution is -0.124. The normalized spacial score (nSPS) is 20.5. The number of piperidine rings is 1. The van der Waals surface area contributed by atoms with Crippen LogP contribution >= 0.6 is 0 Å². The Kier molecular flexibility index (Phi) is 6.76. The van der Waals surface area contributed by atoms with Crippen LogP contribution in [0.3, 0.4) is 0 Å². The third-order valence-electron chi connectivity index (χ3n) is 6.76. The molecule has 0 aliphatic carbocycles. The molecule has 0 radical (unpaired) electrons. The highest BCUT2D eigenvalue weighted by Crippen LogP contribution is 2.39. The zero-order chi connectivity index (χ0) is 21.7. The Morgan fingerprint density at radius 1 is 1.19 bits per heavy atom. The lowest BCUT2D eigenvalue weighted by Crippen LogP contribution is -2.51. The van der Waals surface area contributed by atoms with Crippen LogP contribution in [-0.2, 0) is 4.74 Å². The van der Waals surface area contributed by atoms with Crippen LogP contribution in [0.15, 0.2) is 42.7 Å². The van der Waals surface area contributed by atoms with Crippen LogP contribution in [0.2, 0.25) is 0 Å². The Bertz CT molecular complexity index is 879. The maximum Gasteiger partial charge on any atom is 0.321 e. The van der Waals surface area contributed by atoms with Gasteiger partial charge in [-0.05, 0) is 87.3 Å². The number of carbonyl (C=O) groups excluding carboxylic acids is 1. The molecule has 0 bridgehead atoms. The lowest BCUT2D eigenvalue weighted by Gasteiger charge is -2.46. The molecule has 4 rings (SSSR count). The van der Waals surface area contributed by atoms with E-state index in [1.165, 1.54) is 11.1 Å². The number of hydrogen-bond donors (Lipinski definition) is 1. The Hall–Kier alpha value is -2.60. The highest BCUT2D eigenvalue weighted by molar-refractivity contribution is 5.89. The summed E-state index contributed by atoms with van der Waals surface area (Å²) in [4.78, 5) is 18.7. The molecule has 1 atom stereocenters. The summed E-state index contributed by atoms with van der Waals surface area (Å²) >= 11 is 0. The van der Waals surface area contributed by atoms with E-state index in [4.69, 9.17) is 9.47 Å². The first-order valence-electron chi connectivity index (χ1n) is 11.3. The van der Waals surface area contributed by atoms with Crippen LogP contribution in [-0.4, -0.2) is 47.8 Å². The predicted octanol–water partition coefficient (Wildman–Crippen LogP) is 4.96. The van der Waals surface area contributed by atoms with Crippen molar-refractivity contribution >= 4 is 11.7 Å². The van der Waals surface area contributed by atoms with Crippen LogP contribution in [0, 0.1) is 19.8 Å². The Labute approximate surface area is 185 Å². The average Bonchev–Trinajstić information content (AvgIpc) is 2.78. The number of rotatable bonds is 5. The molecule has 6 nitrogen and oxygen atoms in total. The van der Waals surface area contributed by atoms with E-state index in [1.54, 1.807) is 12.4 Å². The molecule has 31 heavy (non-hydrogen) atoms. The van der Waals surface area contributed by atoms with Crippen molar-refractivity contribution in [3.05, 3.63) is 53.9 Å². The third kappa shape index (κ3) is 5.56. The fraction of sp³-hybridized carbons (Fsp3) is 0.520. The number of anilines is 1. The van der Waals surface area contributed by atoms with Gasteiger partial charge in [-0.3, -0.25) is 4.98 Å². The van der Waals surface area contributed by atoms with Crippen molar-refractivity contribution in [2.45, 2.75) is 51.6 Å². The zero-order valence-corrected chi connectivity index (χ0v) is 18.6. The molecule has 2 aliphatic rings. The van der Waals surface area contributed by atoms with E-state index in [2.05, 4.69) is 24.1 Å². The SMILES string of the molecule is Cc1ccc(NC(=O)N2CCC3(CC2)CC(CCOc2ccncc2)CCO3)cc1C. The van der Waals surface area contributed by atoms with Crippen LogP contribution < -0.4 is 10.1 Å². The largest absolute Gasteiger partial charge is 0.493 e. The lowest BCUT2D eigenvalue weighted by atomic mass is 9.78. The van der Waals surface area contributed by atoms with Gasteiger partial charge in [-0.2, -0.15) is 0 Å². The summed E-state index contributed by atoms with van der Waals surface area (Å²) in [6.07, 6.45) is 8.47. The van der Waals surface area contributed by atoms with Gasteiger partial charge in [-0.15, -0.1) is 0 Å². The maximum absolute atomic E-state index is 12.7. The molecule has 2 saturated heterocycles. The fourth-order valence-corrected chi connectivity index (χ4v) is 4.64. The summed E-state index contributed by atoms with van der Waals surface area (Å²) < 4.78 is 12.1. The van der Waals surface area contributed by atoms with E-state index in [9.17, 15) is 4.79 Å². The fourth-order valence-electron chi connectivity index (χ4n) is 4.64. The van der Waals surface area contributed by atoms with E-state index < -0.39 is 0 Å². The molecule has 2 amide bonds. The molecular formula is C25H33N3O3. The van der Waals surface area contributed by atoms with E-state index in [0.29, 0.717) is 5.92 Å². The van der Waals surface area contributed by atoms with E-state index >= 15 is 0 Å². The van der Waals surface area contributed by atoms with Gasteiger partial charge in [0.05, 0.1) is 12.2 Å². The number of hydrogen-bond acceptors (Lipinski definition) is 4. The van der Waals surface area contributed by atoms with Gasteiger partial charge >= 0.3 is 6.03 Å². The minimum absolute atomic E-state index is 0.0174. The topological polar surface area (TPSA) is 63.7 Å². The Balaban J connectivity index is 1.24. The summed E-state index contributed by atoms with van der Waals surface area (Å²) in [6.45, 7) is 7.13. The summed E-state index contributed by atoms with van der Waals surface area (Å²) in [6, 6.07) is 9.81. The van der Waals surface area contributed by atoms with Gasteiger partial charge in [-0.25, -0.2) is 4.79 Å². The summed E-state index contributed by atoms with van der Waals surface area (Å²) in [5.74, 6) is 1.48. The Morgan fingerprint density at radius 2 is 1.97 bits per heavy atom. The van der Waals surface area contributed by atoms with Crippen LogP contribution in [0.4, 0.5) is 10.5 Å². The first-order valence-corrected chi connectivity index (χ1v) is 11.3. The number of nitrogens with zero attached hydrogens (tertiary/aromatic N) is 2. The zero-order valence-electron chi connectivity index (χ0n) is 18.6. The monoisotopic (exact) mass is 423 g/mol. The minimum atomic E-state index is -0.0865. The van der Waals surface area contributed by atoms with Gasteiger partial charge in [0.25, 0.3) is 0 Å². The van der Waals surface area contributed by atoms with Crippen molar-refractivity contribution in [3.63, 3.8) is 0 Å². The number of amides is 2. The number of ether oxygens (including phenoxy) is 2. The molecule has 1 N–H and O–H groups in total. The summed E-state index contributed by atoms with van der Waals surface area (Å²) in [7, 11) is 0. The minimum Gasteiger partial charge on any atom is -0.493 e. The van der Waals surface area contributed by atoms with Gasteiger partial charge in [0, 0.05) is 37.8 Å². The van der Waals surface area contributed by atoms with E-state index in [-0.39, 0.29) is 11.6 Å². The van der Waals surface area contributed by atoms with Crippen LogP contribution in [0.1, 0.15) is 43.2 Å². The number of pyridine rings is 1. The molecule has 0 saturated carbocycles. The predicted molar refractivity (Wildman–Crippen MR) is 121 cm³/mol. The summed E-state index contributed by atoms with van der Waals surface area (Å²) in [5, 5.41) is 3.05. The number of benzene rings is 1. The number of aryl methyl sites for hydroxylation is 2. The van der Waals surface area contributed by atoms with E-state index in [0.717, 1.165) is 69.8 Å². The molecular weight excluding hydrogens is 390 g/mol. The number of likely N-dealkylation sites (tertiary alicyclic amines) is 1. The Morgan fingerprint density at radius 3 is 2.71 bits per heavy atom. The van der Waals surface area contributed by atoms with Crippen molar-refractivity contribution < 1.29 is 14.3 Å². The van der Waals surface area contributed by atoms with Crippen LogP contribution in [0.5, 0.6) is 5.75 Å². The number of carbonyl (C=O) groups is 1. The number of urea groups is 1. The van der Waals surface area contributed by atoms with Gasteiger partial charge in [0.2, 0.25) is 0 Å². The van der Waals surface area contributed by atoms with Gasteiger partial charge in [0.1, 0.15) is 5.75 Å². The molecule has 2 aliphatic heterocycles. The molecule has 6 heteroatoms. The smallest absolute Gasteiger partial charge is 0.321 e. The van der Waals surface area contributed by atoms with Crippen LogP contribution in [0.25, 0.3) is 0 Å². The summed E-state index contributed by atoms with van der Waals surface area (Å²) in [5.41, 5.74) is 3.19. The van der Waals surface area contributed by atoms with Crippen molar-refractivity contribution in [2.24, 2.45) is 5.92 Å². The van der Waals surface area contributed by atoms with Crippen molar-refractivity contribution in [2.75, 3.05) is 31.6 Å². The van der Waals surface area contributed by atoms with Crippen molar-refractivity contribution in [1.29, 1.82) is 0 Å². The molecule has 166 valence electrons. The standard InChI is InChI=1S/C25H33N3O3/c1-19-3-4-22(17-20(19)2)27-24(29)28-13-9-25(10-14-28)18-21(8-16-31-25)7-15-30-23-5-11-26-12-6-23/h3-6,11-12,17,21H,7-10,13-16,18H2,1-2H3,(H,27,29). The van der Waals surface area contributed by atoms with E-state index in [1.807, 2.05) is 35.2 Å². The van der Waals surface area contributed by atoms with Crippen molar-refractivity contribution in [3.8, 4) is 5.75 Å². The van der Waals surface area contributed by atoms with Gasteiger partial charge < -0.3 is 19.7 Å². The average molecular weight is 424 g/mol. The molecule has 1 spiro atoms. The highest BCUT2D eigenvalue weighted by Gasteiger charge is 2.41. The molecule has 1 unspecified atom stereocenters. The van der Waals surface area contributed by atoms with Gasteiger partial charge in [0.15, 0.2) is 0 Å². The molecule has 1 aromatic heterocycles. The van der Waals surface area contributed by atoms with Crippen molar-refractivity contribution in [1.82, 2.24) is 9.88 Å². The quantitative estimate of drug-likeness (QED) is 0.738.